The second-order valence-electron chi connectivity index (χ2n) is 16.8. The van der Waals surface area contributed by atoms with Crippen LogP contribution in [-0.4, -0.2) is 37.2 Å². The number of esters is 3. The van der Waals surface area contributed by atoms with E-state index in [4.69, 9.17) is 14.2 Å². The van der Waals surface area contributed by atoms with Gasteiger partial charge in [0.1, 0.15) is 13.2 Å². The molecule has 0 saturated heterocycles. The van der Waals surface area contributed by atoms with E-state index in [1.807, 2.05) is 42.5 Å². The molecule has 0 aliphatic rings. The Kier molecular flexibility index (Phi) is 47.5. The summed E-state index contributed by atoms with van der Waals surface area (Å²) in [4.78, 5) is 37.9. The van der Waals surface area contributed by atoms with Crippen LogP contribution in [0.25, 0.3) is 0 Å². The molecular weight excluding hydrogens is 769 g/mol. The van der Waals surface area contributed by atoms with Crippen molar-refractivity contribution in [2.45, 2.75) is 239 Å². The summed E-state index contributed by atoms with van der Waals surface area (Å²) in [6.45, 7) is 6.39. The first-order valence-electron chi connectivity index (χ1n) is 25.6. The zero-order valence-corrected chi connectivity index (χ0v) is 40.4. The molecule has 6 heteroatoms. The maximum Gasteiger partial charge on any atom is 0.306 e. The fourth-order valence-electron chi connectivity index (χ4n) is 6.85. The van der Waals surface area contributed by atoms with Crippen LogP contribution in [0.5, 0.6) is 0 Å². The smallest absolute Gasteiger partial charge is 0.306 e. The van der Waals surface area contributed by atoms with E-state index in [2.05, 4.69) is 63.3 Å². The second kappa shape index (κ2) is 50.2. The standard InChI is InChI=1S/C56H94O6/c1-4-7-10-13-16-19-22-25-26-27-28-29-32-34-37-40-43-46-49-55(58)61-52-53(62-56(59)50-47-44-41-38-35-31-24-21-18-15-12-9-6-3)51-60-54(57)48-45-42-39-36-33-30-23-20-17-14-11-8-5-2/h9,12,15,18,21,24,28-31,33,35,39,42,53H,4-8,10-11,13-14,16-17,19-20,22-23,25-27,32,34,36-38,40-41,43-52H2,1-3H3/b12-9+,18-15+,24-21+,29-28+,33-30+,35-31+,42-39+. The minimum Gasteiger partial charge on any atom is -0.462 e. The summed E-state index contributed by atoms with van der Waals surface area (Å²) in [5.41, 5.74) is 0. The molecule has 1 unspecified atom stereocenters. The van der Waals surface area contributed by atoms with Crippen LogP contribution in [0.4, 0.5) is 0 Å². The monoisotopic (exact) mass is 863 g/mol. The van der Waals surface area contributed by atoms with Crippen LogP contribution >= 0.6 is 0 Å². The Labute approximate surface area is 382 Å². The third-order valence-electron chi connectivity index (χ3n) is 10.7. The molecule has 1 atom stereocenters. The van der Waals surface area contributed by atoms with Gasteiger partial charge in [-0.3, -0.25) is 14.4 Å². The summed E-state index contributed by atoms with van der Waals surface area (Å²) >= 11 is 0. The lowest BCUT2D eigenvalue weighted by atomic mass is 10.1. The molecule has 0 aromatic carbocycles. The lowest BCUT2D eigenvalue weighted by Gasteiger charge is -2.18. The summed E-state index contributed by atoms with van der Waals surface area (Å²) < 4.78 is 16.7. The predicted molar refractivity (Wildman–Crippen MR) is 265 cm³/mol. The Morgan fingerprint density at radius 2 is 0.726 bits per heavy atom. The van der Waals surface area contributed by atoms with Crippen molar-refractivity contribution >= 4 is 17.9 Å². The minimum absolute atomic E-state index is 0.114. The molecule has 62 heavy (non-hydrogen) atoms. The van der Waals surface area contributed by atoms with Crippen LogP contribution in [0.3, 0.4) is 0 Å². The average molecular weight is 863 g/mol. The van der Waals surface area contributed by atoms with Crippen molar-refractivity contribution in [2.75, 3.05) is 13.2 Å². The third-order valence-corrected chi connectivity index (χ3v) is 10.7. The van der Waals surface area contributed by atoms with Gasteiger partial charge >= 0.3 is 17.9 Å². The Balaban J connectivity index is 4.48. The van der Waals surface area contributed by atoms with E-state index < -0.39 is 6.10 Å². The zero-order chi connectivity index (χ0) is 45.1. The molecule has 0 rings (SSSR count). The first kappa shape index (κ1) is 58.6. The number of ether oxygens (including phenoxy) is 3. The van der Waals surface area contributed by atoms with Crippen molar-refractivity contribution in [3.05, 3.63) is 85.1 Å². The van der Waals surface area contributed by atoms with Gasteiger partial charge in [-0.15, -0.1) is 0 Å². The summed E-state index contributed by atoms with van der Waals surface area (Å²) in [7, 11) is 0. The Bertz CT molecular complexity index is 1220. The van der Waals surface area contributed by atoms with Gasteiger partial charge in [-0.1, -0.05) is 215 Å². The van der Waals surface area contributed by atoms with Gasteiger partial charge in [0.05, 0.1) is 0 Å². The maximum atomic E-state index is 12.7. The van der Waals surface area contributed by atoms with E-state index in [9.17, 15) is 14.4 Å². The van der Waals surface area contributed by atoms with Gasteiger partial charge in [0.2, 0.25) is 0 Å². The number of carbonyl (C=O) groups excluding carboxylic acids is 3. The highest BCUT2D eigenvalue weighted by Crippen LogP contribution is 2.13. The van der Waals surface area contributed by atoms with Crippen molar-refractivity contribution in [1.29, 1.82) is 0 Å². The van der Waals surface area contributed by atoms with Crippen molar-refractivity contribution in [1.82, 2.24) is 0 Å². The van der Waals surface area contributed by atoms with Crippen LogP contribution < -0.4 is 0 Å². The number of unbranched alkanes of at least 4 members (excludes halogenated alkanes) is 23. The van der Waals surface area contributed by atoms with E-state index in [0.29, 0.717) is 19.3 Å². The van der Waals surface area contributed by atoms with Crippen molar-refractivity contribution in [3.8, 4) is 0 Å². The molecule has 0 spiro atoms. The van der Waals surface area contributed by atoms with Gasteiger partial charge < -0.3 is 14.2 Å². The van der Waals surface area contributed by atoms with Gasteiger partial charge in [-0.05, 0) is 83.5 Å². The van der Waals surface area contributed by atoms with Gasteiger partial charge in [-0.2, -0.15) is 0 Å². The number of carbonyl (C=O) groups is 3. The molecule has 0 amide bonds. The van der Waals surface area contributed by atoms with E-state index in [0.717, 1.165) is 70.6 Å². The molecule has 0 aliphatic carbocycles. The summed E-state index contributed by atoms with van der Waals surface area (Å²) in [5, 5.41) is 0. The highest BCUT2D eigenvalue weighted by Gasteiger charge is 2.19. The summed E-state index contributed by atoms with van der Waals surface area (Å²) in [6.07, 6.45) is 64.4. The molecule has 0 N–H and O–H groups in total. The quantitative estimate of drug-likeness (QED) is 0.0199. The van der Waals surface area contributed by atoms with E-state index >= 15 is 0 Å². The Morgan fingerprint density at radius 1 is 0.355 bits per heavy atom. The van der Waals surface area contributed by atoms with Crippen LogP contribution in [0.2, 0.25) is 0 Å². The number of hydrogen-bond acceptors (Lipinski definition) is 6. The van der Waals surface area contributed by atoms with Gasteiger partial charge in [0.25, 0.3) is 0 Å². The number of rotatable bonds is 45. The molecule has 0 heterocycles. The first-order valence-corrected chi connectivity index (χ1v) is 25.6. The van der Waals surface area contributed by atoms with E-state index in [1.165, 1.54) is 109 Å². The number of allylic oxidation sites excluding steroid dienone is 14. The molecule has 354 valence electrons. The largest absolute Gasteiger partial charge is 0.462 e. The molecule has 0 fully saturated rings. The van der Waals surface area contributed by atoms with Gasteiger partial charge in [0.15, 0.2) is 6.10 Å². The molecular formula is C56H94O6. The second-order valence-corrected chi connectivity index (χ2v) is 16.8. The van der Waals surface area contributed by atoms with Crippen LogP contribution in [0, 0.1) is 0 Å². The summed E-state index contributed by atoms with van der Waals surface area (Å²) in [5.74, 6) is -1.03. The van der Waals surface area contributed by atoms with Crippen LogP contribution in [0.1, 0.15) is 233 Å². The predicted octanol–water partition coefficient (Wildman–Crippen LogP) is 16.8. The first-order chi connectivity index (χ1) is 30.5. The fraction of sp³-hybridized carbons (Fsp3) is 0.696. The zero-order valence-electron chi connectivity index (χ0n) is 40.4. The maximum absolute atomic E-state index is 12.7. The Morgan fingerprint density at radius 3 is 1.24 bits per heavy atom. The van der Waals surface area contributed by atoms with Gasteiger partial charge in [0, 0.05) is 19.3 Å². The van der Waals surface area contributed by atoms with Gasteiger partial charge in [-0.25, -0.2) is 0 Å². The highest BCUT2D eigenvalue weighted by atomic mass is 16.6. The topological polar surface area (TPSA) is 78.9 Å². The molecule has 0 aromatic rings. The summed E-state index contributed by atoms with van der Waals surface area (Å²) in [6, 6.07) is 0. The molecule has 0 saturated carbocycles. The molecule has 6 nitrogen and oxygen atoms in total. The molecule has 0 aliphatic heterocycles. The fourth-order valence-corrected chi connectivity index (χ4v) is 6.85. The molecule has 0 aromatic heterocycles. The normalized spacial score (nSPS) is 12.8. The minimum atomic E-state index is -0.822. The highest BCUT2D eigenvalue weighted by molar-refractivity contribution is 5.71. The van der Waals surface area contributed by atoms with Crippen molar-refractivity contribution in [3.63, 3.8) is 0 Å². The lowest BCUT2D eigenvalue weighted by Crippen LogP contribution is -2.30. The SMILES string of the molecule is CC/C=C/C=C/C=C/C=C/CCCCCC(=O)OC(COC(=O)CC/C=C/C/C=C/CCCCCCCC)COC(=O)CCCCCCC/C=C/CCCCCCCCCCC. The average Bonchev–Trinajstić information content (AvgIpc) is 3.27. The molecule has 0 bridgehead atoms. The van der Waals surface area contributed by atoms with E-state index in [1.54, 1.807) is 0 Å². The number of hydrogen-bond donors (Lipinski definition) is 0. The lowest BCUT2D eigenvalue weighted by molar-refractivity contribution is -0.166. The van der Waals surface area contributed by atoms with E-state index in [-0.39, 0.29) is 44.0 Å². The van der Waals surface area contributed by atoms with Crippen molar-refractivity contribution in [2.24, 2.45) is 0 Å². The van der Waals surface area contributed by atoms with Crippen molar-refractivity contribution < 1.29 is 28.6 Å². The Hall–Kier alpha value is -3.41. The van der Waals surface area contributed by atoms with Crippen LogP contribution in [-0.2, 0) is 28.6 Å². The third kappa shape index (κ3) is 47.6. The molecule has 0 radical (unpaired) electrons. The van der Waals surface area contributed by atoms with Crippen LogP contribution in [0.15, 0.2) is 85.1 Å².